The van der Waals surface area contributed by atoms with Crippen LogP contribution in [0.25, 0.3) is 0 Å². The van der Waals surface area contributed by atoms with Gasteiger partial charge >= 0.3 is 8.25 Å². The van der Waals surface area contributed by atoms with Crippen molar-refractivity contribution in [2.45, 2.75) is 6.10 Å². The molecule has 0 rings (SSSR count). The Kier molecular flexibility index (Phi) is 7.17. The number of nitrogens with zero attached hydrogens (tertiary/aromatic N) is 1. The maximum absolute atomic E-state index is 11.1. The van der Waals surface area contributed by atoms with Gasteiger partial charge in [-0.1, -0.05) is 0 Å². The molecule has 0 radical (unpaired) electrons. The van der Waals surface area contributed by atoms with Crippen molar-refractivity contribution in [2.75, 3.05) is 47.5 Å². The highest BCUT2D eigenvalue weighted by Crippen LogP contribution is 2.23. The van der Waals surface area contributed by atoms with Crippen LogP contribution in [0, 0.1) is 0 Å². The maximum atomic E-state index is 11.1. The highest BCUT2D eigenvalue weighted by Gasteiger charge is 2.23. The van der Waals surface area contributed by atoms with Gasteiger partial charge in [-0.2, -0.15) is 0 Å². The number of hydrogen-bond donors (Lipinski definition) is 2. The van der Waals surface area contributed by atoms with Crippen molar-refractivity contribution < 1.29 is 28.3 Å². The molecule has 0 bridgehead atoms. The second-order valence-electron chi connectivity index (χ2n) is 4.20. The van der Waals surface area contributed by atoms with E-state index in [2.05, 4.69) is 4.52 Å². The highest BCUT2D eigenvalue weighted by atomic mass is 31.1. The highest BCUT2D eigenvalue weighted by molar-refractivity contribution is 7.33. The molecule has 0 heterocycles. The first kappa shape index (κ1) is 14.9. The summed E-state index contributed by atoms with van der Waals surface area (Å²) in [6.07, 6.45) is -1.01. The Bertz CT molecular complexity index is 194. The lowest BCUT2D eigenvalue weighted by molar-refractivity contribution is -0.870. The Hall–Kier alpha value is -0.100. The summed E-state index contributed by atoms with van der Waals surface area (Å²) in [6, 6.07) is 0. The Balaban J connectivity index is 3.50. The first-order chi connectivity index (χ1) is 6.85. The van der Waals surface area contributed by atoms with Crippen molar-refractivity contribution in [3.8, 4) is 0 Å². The second kappa shape index (κ2) is 7.22. The van der Waals surface area contributed by atoms with Gasteiger partial charge in [-0.05, 0) is 0 Å². The van der Waals surface area contributed by atoms with Crippen molar-refractivity contribution in [1.82, 2.24) is 0 Å². The molecule has 0 aliphatic rings. The van der Waals surface area contributed by atoms with Gasteiger partial charge in [0, 0.05) is 4.57 Å². The molecule has 0 amide bonds. The molecule has 0 fully saturated rings. The molecule has 0 aliphatic heterocycles. The molecule has 0 spiro atoms. The summed E-state index contributed by atoms with van der Waals surface area (Å²) in [5.74, 6) is 0. The van der Waals surface area contributed by atoms with Gasteiger partial charge in [-0.3, -0.25) is 0 Å². The molecule has 15 heavy (non-hydrogen) atoms. The zero-order valence-corrected chi connectivity index (χ0v) is 10.3. The van der Waals surface area contributed by atoms with E-state index in [1.54, 1.807) is 0 Å². The molecule has 0 saturated carbocycles. The molecule has 0 aromatic rings. The van der Waals surface area contributed by atoms with E-state index in [-0.39, 0.29) is 6.61 Å². The van der Waals surface area contributed by atoms with Gasteiger partial charge in [-0.15, -0.1) is 9.05 Å². The topological polar surface area (TPSA) is 76.0 Å². The Morgan fingerprint density at radius 3 is 2.40 bits per heavy atom. The Labute approximate surface area is 91.0 Å². The van der Waals surface area contributed by atoms with Crippen LogP contribution in [0.4, 0.5) is 0 Å². The molecule has 0 aromatic heterocycles. The lowest BCUT2D eigenvalue weighted by Crippen LogP contribution is -2.37. The van der Waals surface area contributed by atoms with Crippen LogP contribution in [0.1, 0.15) is 0 Å². The van der Waals surface area contributed by atoms with E-state index >= 15 is 0 Å². The maximum Gasteiger partial charge on any atom is 0.697 e. The zero-order valence-electron chi connectivity index (χ0n) is 9.42. The van der Waals surface area contributed by atoms with E-state index in [0.717, 1.165) is 0 Å². The fourth-order valence-corrected chi connectivity index (χ4v) is 1.23. The fourth-order valence-electron chi connectivity index (χ4n) is 0.626. The average Bonchev–Trinajstić information content (AvgIpc) is 2.12. The van der Waals surface area contributed by atoms with Crippen LogP contribution in [-0.2, 0) is 13.6 Å². The van der Waals surface area contributed by atoms with Crippen LogP contribution in [0.2, 0.25) is 0 Å². The predicted molar refractivity (Wildman–Crippen MR) is 55.5 cm³/mol. The van der Waals surface area contributed by atoms with Crippen LogP contribution < -0.4 is 0 Å². The average molecular weight is 241 g/mol. The van der Waals surface area contributed by atoms with Gasteiger partial charge < -0.3 is 14.7 Å². The standard InChI is InChI=1S/C8H20NO5P/c1-9(2,3)4-5-13-15(12)14-7-8(11)6-10/h8,10-11H,4-7H2,1-3H3/q+2/t8-/m0/s1. The van der Waals surface area contributed by atoms with Gasteiger partial charge in [0.2, 0.25) is 0 Å². The Morgan fingerprint density at radius 1 is 1.33 bits per heavy atom. The monoisotopic (exact) mass is 241 g/mol. The predicted octanol–water partition coefficient (Wildman–Crippen LogP) is -0.264. The third kappa shape index (κ3) is 10.2. The molecule has 2 atom stereocenters. The zero-order chi connectivity index (χ0) is 11.9. The molecular weight excluding hydrogens is 221 g/mol. The van der Waals surface area contributed by atoms with E-state index in [1.807, 2.05) is 21.1 Å². The lowest BCUT2D eigenvalue weighted by atomic mass is 10.4. The fraction of sp³-hybridized carbons (Fsp3) is 1.00. The molecule has 90 valence electrons. The number of quaternary nitrogens is 1. The number of rotatable bonds is 8. The number of hydrogen-bond acceptors (Lipinski definition) is 5. The van der Waals surface area contributed by atoms with Crippen LogP contribution in [0.3, 0.4) is 0 Å². The number of aliphatic hydroxyl groups excluding tert-OH is 2. The number of aliphatic hydroxyl groups is 2. The van der Waals surface area contributed by atoms with E-state index in [4.69, 9.17) is 14.7 Å². The summed E-state index contributed by atoms with van der Waals surface area (Å²) in [4.78, 5) is 0. The van der Waals surface area contributed by atoms with Gasteiger partial charge in [0.1, 0.15) is 19.3 Å². The number of likely N-dealkylation sites (N-methyl/N-ethyl adjacent to an activating group) is 1. The largest absolute Gasteiger partial charge is 0.697 e. The van der Waals surface area contributed by atoms with Crippen LogP contribution in [0.15, 0.2) is 0 Å². The lowest BCUT2D eigenvalue weighted by Gasteiger charge is -2.21. The molecule has 7 heteroatoms. The van der Waals surface area contributed by atoms with E-state index in [1.165, 1.54) is 0 Å². The van der Waals surface area contributed by atoms with Crippen molar-refractivity contribution in [1.29, 1.82) is 0 Å². The third-order valence-electron chi connectivity index (χ3n) is 1.54. The smallest absolute Gasteiger partial charge is 0.394 e. The normalized spacial score (nSPS) is 15.1. The van der Waals surface area contributed by atoms with E-state index in [0.29, 0.717) is 17.6 Å². The molecule has 1 unspecified atom stereocenters. The first-order valence-electron chi connectivity index (χ1n) is 4.67. The van der Waals surface area contributed by atoms with Crippen LogP contribution in [0.5, 0.6) is 0 Å². The van der Waals surface area contributed by atoms with Crippen molar-refractivity contribution >= 4 is 8.25 Å². The summed E-state index contributed by atoms with van der Waals surface area (Å²) in [7, 11) is 3.78. The summed E-state index contributed by atoms with van der Waals surface area (Å²) >= 11 is 0. The SMILES string of the molecule is C[N+](C)(C)CCO[P+](=O)OC[C@@H](O)CO. The molecule has 0 aromatic carbocycles. The minimum Gasteiger partial charge on any atom is -0.394 e. The first-order valence-corrected chi connectivity index (χ1v) is 5.77. The quantitative estimate of drug-likeness (QED) is 0.452. The minimum absolute atomic E-state index is 0.184. The van der Waals surface area contributed by atoms with Crippen LogP contribution in [-0.4, -0.2) is 68.3 Å². The molecular formula is C8H20NO5P+2. The minimum atomic E-state index is -2.20. The molecule has 6 nitrogen and oxygen atoms in total. The second-order valence-corrected chi connectivity index (χ2v) is 5.17. The summed E-state index contributed by atoms with van der Waals surface area (Å²) < 4.78 is 21.3. The summed E-state index contributed by atoms with van der Waals surface area (Å²) in [6.45, 7) is 0.443. The summed E-state index contributed by atoms with van der Waals surface area (Å²) in [5.41, 5.74) is 0. The van der Waals surface area contributed by atoms with Crippen molar-refractivity contribution in [3.63, 3.8) is 0 Å². The molecule has 0 aliphatic carbocycles. The van der Waals surface area contributed by atoms with E-state index < -0.39 is 21.0 Å². The Morgan fingerprint density at radius 2 is 1.93 bits per heavy atom. The van der Waals surface area contributed by atoms with Gasteiger partial charge in [0.25, 0.3) is 0 Å². The van der Waals surface area contributed by atoms with E-state index in [9.17, 15) is 4.57 Å². The van der Waals surface area contributed by atoms with Crippen molar-refractivity contribution in [2.24, 2.45) is 0 Å². The summed E-state index contributed by atoms with van der Waals surface area (Å²) in [5, 5.41) is 17.4. The van der Waals surface area contributed by atoms with Crippen molar-refractivity contribution in [3.05, 3.63) is 0 Å². The van der Waals surface area contributed by atoms with Crippen LogP contribution >= 0.6 is 8.25 Å². The van der Waals surface area contributed by atoms with Gasteiger partial charge in [-0.25, -0.2) is 0 Å². The molecule has 0 saturated heterocycles. The van der Waals surface area contributed by atoms with Gasteiger partial charge in [0.15, 0.2) is 6.61 Å². The third-order valence-corrected chi connectivity index (χ3v) is 2.30. The van der Waals surface area contributed by atoms with Gasteiger partial charge in [0.05, 0.1) is 27.7 Å². The molecule has 2 N–H and O–H groups in total.